The fourth-order valence-electron chi connectivity index (χ4n) is 2.53. The minimum Gasteiger partial charge on any atom is -0.493 e. The van der Waals surface area contributed by atoms with Crippen LogP contribution in [0.1, 0.15) is 67.2 Å². The van der Waals surface area contributed by atoms with Gasteiger partial charge in [0, 0.05) is 19.3 Å². The molecule has 1 aromatic rings. The van der Waals surface area contributed by atoms with Crippen LogP contribution < -0.4 is 9.47 Å². The van der Waals surface area contributed by atoms with Crippen LogP contribution in [0.25, 0.3) is 0 Å². The summed E-state index contributed by atoms with van der Waals surface area (Å²) in [5.41, 5.74) is 0. The maximum atomic E-state index is 6.23. The van der Waals surface area contributed by atoms with E-state index in [0.717, 1.165) is 50.4 Å². The molecule has 0 spiro atoms. The topological polar surface area (TPSA) is 36.9 Å². The van der Waals surface area contributed by atoms with Crippen molar-refractivity contribution in [1.82, 2.24) is 0 Å². The van der Waals surface area contributed by atoms with Crippen LogP contribution in [0.5, 0.6) is 11.5 Å². The molecule has 0 saturated carbocycles. The molecule has 0 N–H and O–H groups in total. The van der Waals surface area contributed by atoms with Gasteiger partial charge in [0.2, 0.25) is 0 Å². The van der Waals surface area contributed by atoms with Gasteiger partial charge >= 0.3 is 0 Å². The van der Waals surface area contributed by atoms with Gasteiger partial charge < -0.3 is 18.3 Å². The van der Waals surface area contributed by atoms with E-state index < -0.39 is 16.6 Å². The third-order valence-corrected chi connectivity index (χ3v) is 16.0. The van der Waals surface area contributed by atoms with E-state index in [2.05, 4.69) is 67.7 Å². The largest absolute Gasteiger partial charge is 0.493 e. The van der Waals surface area contributed by atoms with E-state index in [-0.39, 0.29) is 10.1 Å². The van der Waals surface area contributed by atoms with Crippen molar-refractivity contribution >= 4 is 16.6 Å². The first kappa shape index (κ1) is 29.2. The van der Waals surface area contributed by atoms with Crippen LogP contribution >= 0.6 is 0 Å². The second-order valence-corrected chi connectivity index (χ2v) is 21.4. The van der Waals surface area contributed by atoms with Gasteiger partial charge in [-0.2, -0.15) is 0 Å². The SMILES string of the molecule is CC(C)(C)[Si](C)(C)OCCCCOc1cccc(OCCCCO[Si](C)(C)C(C)(C)C)c1. The van der Waals surface area contributed by atoms with Crippen molar-refractivity contribution in [3.8, 4) is 11.5 Å². The van der Waals surface area contributed by atoms with Gasteiger partial charge in [-0.15, -0.1) is 0 Å². The Bertz CT molecular complexity index is 607. The zero-order chi connectivity index (χ0) is 24.5. The third kappa shape index (κ3) is 10.4. The Kier molecular flexibility index (Phi) is 11.5. The summed E-state index contributed by atoms with van der Waals surface area (Å²) in [5, 5.41) is 0.531. The van der Waals surface area contributed by atoms with Gasteiger partial charge in [0.05, 0.1) is 13.2 Å². The molecule has 0 unspecified atom stereocenters. The zero-order valence-corrected chi connectivity index (χ0v) is 24.6. The number of ether oxygens (including phenoxy) is 2. The molecule has 0 aliphatic carbocycles. The van der Waals surface area contributed by atoms with E-state index in [1.807, 2.05) is 24.3 Å². The Morgan fingerprint density at radius 2 is 0.938 bits per heavy atom. The minimum absolute atomic E-state index is 0.266. The van der Waals surface area contributed by atoms with Gasteiger partial charge in [0.15, 0.2) is 16.6 Å². The summed E-state index contributed by atoms with van der Waals surface area (Å²) in [7, 11) is -3.28. The molecular weight excluding hydrogens is 432 g/mol. The van der Waals surface area contributed by atoms with E-state index in [4.69, 9.17) is 18.3 Å². The first-order valence-corrected chi connectivity index (χ1v) is 18.1. The lowest BCUT2D eigenvalue weighted by molar-refractivity contribution is 0.247. The molecule has 186 valence electrons. The minimum atomic E-state index is -1.64. The Balaban J connectivity index is 2.22. The Morgan fingerprint density at radius 3 is 1.28 bits per heavy atom. The maximum absolute atomic E-state index is 6.23. The van der Waals surface area contributed by atoms with Crippen molar-refractivity contribution in [1.29, 1.82) is 0 Å². The normalized spacial score (nSPS) is 13.3. The third-order valence-electron chi connectivity index (χ3n) is 6.96. The van der Waals surface area contributed by atoms with Crippen molar-refractivity contribution in [3.05, 3.63) is 24.3 Å². The smallest absolute Gasteiger partial charge is 0.191 e. The lowest BCUT2D eigenvalue weighted by atomic mass is 10.2. The average molecular weight is 483 g/mol. The van der Waals surface area contributed by atoms with Crippen molar-refractivity contribution in [2.24, 2.45) is 0 Å². The maximum Gasteiger partial charge on any atom is 0.191 e. The fourth-order valence-corrected chi connectivity index (χ4v) is 4.71. The van der Waals surface area contributed by atoms with Gasteiger partial charge in [0.25, 0.3) is 0 Å². The van der Waals surface area contributed by atoms with Crippen LogP contribution in [0, 0.1) is 0 Å². The number of rotatable bonds is 14. The van der Waals surface area contributed by atoms with E-state index in [1.54, 1.807) is 0 Å². The van der Waals surface area contributed by atoms with Crippen LogP contribution in [-0.4, -0.2) is 43.1 Å². The molecule has 0 atom stereocenters. The van der Waals surface area contributed by atoms with Crippen LogP contribution in [0.3, 0.4) is 0 Å². The van der Waals surface area contributed by atoms with Gasteiger partial charge in [-0.05, 0) is 74.1 Å². The molecule has 6 heteroatoms. The molecule has 0 saturated heterocycles. The van der Waals surface area contributed by atoms with E-state index in [0.29, 0.717) is 13.2 Å². The van der Waals surface area contributed by atoms with Gasteiger partial charge in [0.1, 0.15) is 11.5 Å². The summed E-state index contributed by atoms with van der Waals surface area (Å²) in [6, 6.07) is 7.96. The molecule has 1 aromatic carbocycles. The number of benzene rings is 1. The lowest BCUT2D eigenvalue weighted by Gasteiger charge is -2.36. The van der Waals surface area contributed by atoms with Gasteiger partial charge in [-0.1, -0.05) is 47.6 Å². The fraction of sp³-hybridized carbons (Fsp3) is 0.769. The van der Waals surface area contributed by atoms with Crippen LogP contribution in [0.2, 0.25) is 36.3 Å². The number of hydrogen-bond donors (Lipinski definition) is 0. The lowest BCUT2D eigenvalue weighted by Crippen LogP contribution is -2.41. The van der Waals surface area contributed by atoms with Crippen molar-refractivity contribution < 1.29 is 18.3 Å². The van der Waals surface area contributed by atoms with Crippen LogP contribution in [-0.2, 0) is 8.85 Å². The molecule has 32 heavy (non-hydrogen) atoms. The van der Waals surface area contributed by atoms with Crippen molar-refractivity contribution in [2.75, 3.05) is 26.4 Å². The predicted molar refractivity (Wildman–Crippen MR) is 142 cm³/mol. The zero-order valence-electron chi connectivity index (χ0n) is 22.6. The molecule has 0 radical (unpaired) electrons. The molecule has 0 fully saturated rings. The second-order valence-electron chi connectivity index (χ2n) is 11.8. The Hall–Kier alpha value is -0.826. The summed E-state index contributed by atoms with van der Waals surface area (Å²) >= 11 is 0. The number of hydrogen-bond acceptors (Lipinski definition) is 4. The highest BCUT2D eigenvalue weighted by Crippen LogP contribution is 2.37. The molecule has 0 aliphatic heterocycles. The average Bonchev–Trinajstić information content (AvgIpc) is 2.65. The first-order chi connectivity index (χ1) is 14.7. The molecular formula is C26H50O4Si2. The van der Waals surface area contributed by atoms with E-state index in [9.17, 15) is 0 Å². The first-order valence-electron chi connectivity index (χ1n) is 12.3. The predicted octanol–water partition coefficient (Wildman–Crippen LogP) is 8.05. The summed E-state index contributed by atoms with van der Waals surface area (Å²) < 4.78 is 24.3. The highest BCUT2D eigenvalue weighted by atomic mass is 28.4. The Morgan fingerprint density at radius 1 is 0.594 bits per heavy atom. The molecule has 0 bridgehead atoms. The molecule has 1 rings (SSSR count). The van der Waals surface area contributed by atoms with Crippen molar-refractivity contribution in [3.63, 3.8) is 0 Å². The van der Waals surface area contributed by atoms with Gasteiger partial charge in [-0.3, -0.25) is 0 Å². The molecule has 0 aromatic heterocycles. The highest BCUT2D eigenvalue weighted by molar-refractivity contribution is 6.74. The summed E-state index contributed by atoms with van der Waals surface area (Å²) in [6.07, 6.45) is 4.04. The van der Waals surface area contributed by atoms with Gasteiger partial charge in [-0.25, -0.2) is 0 Å². The summed E-state index contributed by atoms with van der Waals surface area (Å²) in [6.45, 7) is 25.9. The number of unbranched alkanes of at least 4 members (excludes halogenated alkanes) is 2. The summed E-state index contributed by atoms with van der Waals surface area (Å²) in [4.78, 5) is 0. The Labute approximate surface area is 200 Å². The molecule has 0 aliphatic rings. The molecule has 4 nitrogen and oxygen atoms in total. The van der Waals surface area contributed by atoms with Crippen LogP contribution in [0.4, 0.5) is 0 Å². The molecule has 0 amide bonds. The standard InChI is InChI=1S/C26H50O4Si2/c1-25(2,3)31(7,8)29-20-13-11-18-27-23-16-15-17-24(22-23)28-19-12-14-21-30-32(9,10)26(4,5)6/h15-17,22H,11-14,18-21H2,1-10H3. The van der Waals surface area contributed by atoms with Crippen LogP contribution in [0.15, 0.2) is 24.3 Å². The molecule has 0 heterocycles. The monoisotopic (exact) mass is 482 g/mol. The second kappa shape index (κ2) is 12.6. The quantitative estimate of drug-likeness (QED) is 0.198. The van der Waals surface area contributed by atoms with Crippen molar-refractivity contribution in [2.45, 2.75) is 103 Å². The van der Waals surface area contributed by atoms with E-state index in [1.165, 1.54) is 0 Å². The summed E-state index contributed by atoms with van der Waals surface area (Å²) in [5.74, 6) is 1.74. The highest BCUT2D eigenvalue weighted by Gasteiger charge is 2.37. The van der Waals surface area contributed by atoms with E-state index >= 15 is 0 Å².